The zero-order valence-corrected chi connectivity index (χ0v) is 21.2. The number of rotatable bonds is 12. The number of aryl methyl sites for hydroxylation is 1. The molecule has 0 radical (unpaired) electrons. The van der Waals surface area contributed by atoms with Crippen molar-refractivity contribution in [2.24, 2.45) is 0 Å². The number of hydrogen-bond donors (Lipinski definition) is 0. The predicted molar refractivity (Wildman–Crippen MR) is 141 cm³/mol. The molecule has 1 atom stereocenters. The molecule has 3 aromatic rings. The van der Waals surface area contributed by atoms with E-state index >= 15 is 0 Å². The highest BCUT2D eigenvalue weighted by atomic mass is 16.5. The summed E-state index contributed by atoms with van der Waals surface area (Å²) in [7, 11) is 1.73. The number of benzene rings is 2. The van der Waals surface area contributed by atoms with Crippen molar-refractivity contribution in [2.45, 2.75) is 71.3 Å². The van der Waals surface area contributed by atoms with E-state index in [1.54, 1.807) is 7.11 Å². The summed E-state index contributed by atoms with van der Waals surface area (Å²) in [6.07, 6.45) is 9.29. The van der Waals surface area contributed by atoms with Gasteiger partial charge in [0.05, 0.1) is 19.2 Å². The molecule has 1 aliphatic heterocycles. The van der Waals surface area contributed by atoms with Crippen molar-refractivity contribution in [1.82, 2.24) is 9.88 Å². The number of aromatic nitrogens is 1. The second-order valence-corrected chi connectivity index (χ2v) is 9.52. The fourth-order valence-corrected chi connectivity index (χ4v) is 5.06. The Balaban J connectivity index is 1.19. The number of pyridine rings is 1. The van der Waals surface area contributed by atoms with Crippen LogP contribution in [0.3, 0.4) is 0 Å². The van der Waals surface area contributed by atoms with Gasteiger partial charge in [-0.3, -0.25) is 9.88 Å². The number of nitrogens with zero attached hydrogens (tertiary/aromatic N) is 2. The van der Waals surface area contributed by atoms with Gasteiger partial charge in [0.1, 0.15) is 11.5 Å². The van der Waals surface area contributed by atoms with Gasteiger partial charge in [-0.25, -0.2) is 0 Å². The van der Waals surface area contributed by atoms with Crippen molar-refractivity contribution >= 4 is 10.9 Å². The summed E-state index contributed by atoms with van der Waals surface area (Å²) in [6, 6.07) is 17.7. The molecule has 0 aliphatic carbocycles. The Hall–Kier alpha value is -2.59. The topological polar surface area (TPSA) is 34.6 Å². The van der Waals surface area contributed by atoms with Crippen molar-refractivity contribution in [3.63, 3.8) is 0 Å². The maximum Gasteiger partial charge on any atom is 0.130 e. The molecular weight excluding hydrogens is 420 g/mol. The Kier molecular flexibility index (Phi) is 8.81. The first kappa shape index (κ1) is 24.5. The normalized spacial score (nSPS) is 15.9. The number of ether oxygens (including phenoxy) is 2. The van der Waals surface area contributed by atoms with Gasteiger partial charge in [-0.2, -0.15) is 0 Å². The molecule has 182 valence electrons. The lowest BCUT2D eigenvalue weighted by Crippen LogP contribution is -2.34. The van der Waals surface area contributed by atoms with Crippen LogP contribution in [0.5, 0.6) is 11.5 Å². The third kappa shape index (κ3) is 6.09. The highest BCUT2D eigenvalue weighted by Gasteiger charge is 2.22. The maximum atomic E-state index is 6.07. The van der Waals surface area contributed by atoms with Crippen molar-refractivity contribution in [3.05, 3.63) is 65.4 Å². The van der Waals surface area contributed by atoms with Crippen molar-refractivity contribution in [3.8, 4) is 11.5 Å². The Morgan fingerprint density at radius 3 is 2.71 bits per heavy atom. The molecule has 0 amide bonds. The van der Waals surface area contributed by atoms with Crippen LogP contribution < -0.4 is 9.47 Å². The molecule has 0 saturated heterocycles. The largest absolute Gasteiger partial charge is 0.496 e. The number of hydrogen-bond acceptors (Lipinski definition) is 4. The molecule has 1 aromatic heterocycles. The quantitative estimate of drug-likeness (QED) is 0.269. The first-order chi connectivity index (χ1) is 16.7. The van der Waals surface area contributed by atoms with E-state index in [0.717, 1.165) is 54.0 Å². The van der Waals surface area contributed by atoms with Crippen molar-refractivity contribution in [2.75, 3.05) is 26.8 Å². The van der Waals surface area contributed by atoms with Gasteiger partial charge in [0.15, 0.2) is 0 Å². The molecule has 1 aliphatic rings. The minimum atomic E-state index is 0.537. The van der Waals surface area contributed by atoms with Crippen LogP contribution in [0.4, 0.5) is 0 Å². The van der Waals surface area contributed by atoms with E-state index in [4.69, 9.17) is 14.5 Å². The molecule has 0 fully saturated rings. The first-order valence-electron chi connectivity index (χ1n) is 13.1. The van der Waals surface area contributed by atoms with Gasteiger partial charge < -0.3 is 9.47 Å². The van der Waals surface area contributed by atoms with E-state index in [1.165, 1.54) is 56.3 Å². The Morgan fingerprint density at radius 1 is 1.00 bits per heavy atom. The van der Waals surface area contributed by atoms with E-state index in [2.05, 4.69) is 61.2 Å². The molecule has 4 rings (SSSR count). The van der Waals surface area contributed by atoms with Crippen LogP contribution >= 0.6 is 0 Å². The van der Waals surface area contributed by atoms with Crippen LogP contribution in [0, 0.1) is 0 Å². The third-order valence-corrected chi connectivity index (χ3v) is 7.13. The lowest BCUT2D eigenvalue weighted by atomic mass is 9.93. The van der Waals surface area contributed by atoms with E-state index in [0.29, 0.717) is 6.04 Å². The summed E-state index contributed by atoms with van der Waals surface area (Å²) in [6.45, 7) is 7.68. The first-order valence-corrected chi connectivity index (χ1v) is 13.1. The highest BCUT2D eigenvalue weighted by molar-refractivity contribution is 5.86. The SMILES string of the molecule is CCCCc1cc(OC)c2cc(OCCCCCCN3CCc4ccccc4C3C)ccc2n1. The maximum absolute atomic E-state index is 6.07. The molecule has 1 unspecified atom stereocenters. The van der Waals surface area contributed by atoms with Crippen LogP contribution in [0.25, 0.3) is 10.9 Å². The van der Waals surface area contributed by atoms with Crippen LogP contribution in [0.2, 0.25) is 0 Å². The molecule has 0 saturated carbocycles. The predicted octanol–water partition coefficient (Wildman–Crippen LogP) is 7.14. The second-order valence-electron chi connectivity index (χ2n) is 9.52. The number of fused-ring (bicyclic) bond motifs is 2. The smallest absolute Gasteiger partial charge is 0.130 e. The standard InChI is InChI=1S/C30H40N2O2/c1-4-5-13-25-21-30(33-3)28-22-26(15-16-29(28)31-25)34-20-11-7-6-10-18-32-19-17-24-12-8-9-14-27(24)23(32)2/h8-9,12,14-16,21-23H,4-7,10-11,13,17-20H2,1-3H3. The zero-order valence-electron chi connectivity index (χ0n) is 21.2. The molecular formula is C30H40N2O2. The third-order valence-electron chi connectivity index (χ3n) is 7.13. The summed E-state index contributed by atoms with van der Waals surface area (Å²) >= 11 is 0. The molecule has 0 spiro atoms. The summed E-state index contributed by atoms with van der Waals surface area (Å²) in [5, 5.41) is 1.03. The van der Waals surface area contributed by atoms with Crippen molar-refractivity contribution < 1.29 is 9.47 Å². The van der Waals surface area contributed by atoms with Gasteiger partial charge in [-0.1, -0.05) is 50.5 Å². The molecule has 4 heteroatoms. The number of methoxy groups -OCH3 is 1. The number of unbranched alkanes of at least 4 members (excludes halogenated alkanes) is 4. The fraction of sp³-hybridized carbons (Fsp3) is 0.500. The molecule has 2 aromatic carbocycles. The van der Waals surface area contributed by atoms with Crippen LogP contribution in [0.15, 0.2) is 48.5 Å². The van der Waals surface area contributed by atoms with Crippen LogP contribution in [-0.4, -0.2) is 36.7 Å². The molecule has 2 heterocycles. The van der Waals surface area contributed by atoms with E-state index < -0.39 is 0 Å². The summed E-state index contributed by atoms with van der Waals surface area (Å²) in [4.78, 5) is 7.45. The lowest BCUT2D eigenvalue weighted by molar-refractivity contribution is 0.193. The average molecular weight is 461 g/mol. The Labute approximate surface area is 205 Å². The molecule has 0 bridgehead atoms. The minimum Gasteiger partial charge on any atom is -0.496 e. The lowest BCUT2D eigenvalue weighted by Gasteiger charge is -2.35. The fourth-order valence-electron chi connectivity index (χ4n) is 5.06. The van der Waals surface area contributed by atoms with Gasteiger partial charge in [0, 0.05) is 29.7 Å². The highest BCUT2D eigenvalue weighted by Crippen LogP contribution is 2.30. The van der Waals surface area contributed by atoms with Gasteiger partial charge in [0.2, 0.25) is 0 Å². The monoisotopic (exact) mass is 460 g/mol. The van der Waals surface area contributed by atoms with Gasteiger partial charge in [-0.05, 0) is 74.9 Å². The molecule has 0 N–H and O–H groups in total. The van der Waals surface area contributed by atoms with Crippen molar-refractivity contribution in [1.29, 1.82) is 0 Å². The van der Waals surface area contributed by atoms with Gasteiger partial charge in [0.25, 0.3) is 0 Å². The Bertz CT molecular complexity index is 1060. The summed E-state index contributed by atoms with van der Waals surface area (Å²) in [5.74, 6) is 1.78. The second kappa shape index (κ2) is 12.2. The molecule has 34 heavy (non-hydrogen) atoms. The van der Waals surface area contributed by atoms with Gasteiger partial charge >= 0.3 is 0 Å². The summed E-state index contributed by atoms with van der Waals surface area (Å²) < 4.78 is 11.7. The zero-order chi connectivity index (χ0) is 23.8. The Morgan fingerprint density at radius 2 is 1.85 bits per heavy atom. The summed E-state index contributed by atoms with van der Waals surface area (Å²) in [5.41, 5.74) is 5.12. The van der Waals surface area contributed by atoms with Crippen LogP contribution in [-0.2, 0) is 12.8 Å². The average Bonchev–Trinajstić information content (AvgIpc) is 2.87. The minimum absolute atomic E-state index is 0.537. The van der Waals surface area contributed by atoms with Gasteiger partial charge in [-0.15, -0.1) is 0 Å². The molecule has 4 nitrogen and oxygen atoms in total. The van der Waals surface area contributed by atoms with E-state index in [1.807, 2.05) is 6.07 Å². The van der Waals surface area contributed by atoms with Crippen LogP contribution in [0.1, 0.15) is 75.2 Å². The van der Waals surface area contributed by atoms with E-state index in [-0.39, 0.29) is 0 Å². The van der Waals surface area contributed by atoms with E-state index in [9.17, 15) is 0 Å².